The fourth-order valence-corrected chi connectivity index (χ4v) is 9.86. The monoisotopic (exact) mass is 549 g/mol. The summed E-state index contributed by atoms with van der Waals surface area (Å²) >= 11 is 0. The summed E-state index contributed by atoms with van der Waals surface area (Å²) in [4.78, 5) is 0. The van der Waals surface area contributed by atoms with Gasteiger partial charge >= 0.3 is 0 Å². The molecular formula is C36H24NO3P. The molecule has 9 rings (SSSR count). The Morgan fingerprint density at radius 3 is 1.93 bits per heavy atom. The van der Waals surface area contributed by atoms with Crippen LogP contribution in [0.1, 0.15) is 18.0 Å². The molecule has 5 heteroatoms. The lowest BCUT2D eigenvalue weighted by atomic mass is 9.95. The lowest BCUT2D eigenvalue weighted by Gasteiger charge is -2.35. The molecule has 0 N–H and O–H groups in total. The number of ether oxygens (including phenoxy) is 2. The molecule has 0 amide bonds. The van der Waals surface area contributed by atoms with Gasteiger partial charge in [0.15, 0.2) is 7.14 Å². The number of para-hydroxylation sites is 4. The van der Waals surface area contributed by atoms with Crippen LogP contribution in [0.5, 0.6) is 23.0 Å². The Bertz CT molecular complexity index is 2120. The van der Waals surface area contributed by atoms with Crippen LogP contribution in [-0.4, -0.2) is 4.57 Å². The van der Waals surface area contributed by atoms with Crippen LogP contribution in [0, 0.1) is 0 Å². The number of rotatable bonds is 2. The van der Waals surface area contributed by atoms with E-state index in [1.165, 1.54) is 21.8 Å². The molecule has 2 atom stereocenters. The van der Waals surface area contributed by atoms with Crippen molar-refractivity contribution in [2.75, 3.05) is 0 Å². The van der Waals surface area contributed by atoms with Crippen LogP contribution in [0.4, 0.5) is 0 Å². The topological polar surface area (TPSA) is 40.5 Å². The predicted molar refractivity (Wildman–Crippen MR) is 166 cm³/mol. The van der Waals surface area contributed by atoms with Gasteiger partial charge in [0, 0.05) is 27.4 Å². The van der Waals surface area contributed by atoms with Crippen molar-refractivity contribution in [1.29, 1.82) is 0 Å². The van der Waals surface area contributed by atoms with E-state index in [-0.39, 0.29) is 6.04 Å². The van der Waals surface area contributed by atoms with Gasteiger partial charge < -0.3 is 18.6 Å². The molecule has 0 radical (unpaired) electrons. The molecule has 0 saturated carbocycles. The third kappa shape index (κ3) is 3.08. The second-order valence-electron chi connectivity index (χ2n) is 10.8. The van der Waals surface area contributed by atoms with Gasteiger partial charge in [-0.25, -0.2) is 0 Å². The summed E-state index contributed by atoms with van der Waals surface area (Å²) in [7, 11) is -3.21. The zero-order chi connectivity index (χ0) is 27.1. The van der Waals surface area contributed by atoms with Crippen LogP contribution < -0.4 is 25.4 Å². The van der Waals surface area contributed by atoms with Crippen LogP contribution in [0.3, 0.4) is 0 Å². The SMILES string of the molecule is O=P12c3ccccc3Oc3ccc(C4=CCC(n5c6ccccc6c6ccccc65)C=C4)c(c31)Oc1ccccc12. The molecular weight excluding hydrogens is 525 g/mol. The minimum absolute atomic E-state index is 0.181. The molecule has 0 saturated heterocycles. The van der Waals surface area contributed by atoms with Crippen molar-refractivity contribution >= 4 is 50.4 Å². The predicted octanol–water partition coefficient (Wildman–Crippen LogP) is 8.23. The maximum Gasteiger partial charge on any atom is 0.185 e. The normalized spacial score (nSPS) is 20.0. The third-order valence-corrected chi connectivity index (χ3v) is 11.7. The number of allylic oxidation sites excluding steroid dienone is 4. The van der Waals surface area contributed by atoms with Crippen molar-refractivity contribution in [3.05, 3.63) is 133 Å². The zero-order valence-electron chi connectivity index (χ0n) is 22.0. The zero-order valence-corrected chi connectivity index (χ0v) is 22.9. The van der Waals surface area contributed by atoms with Gasteiger partial charge in [0.2, 0.25) is 0 Å². The van der Waals surface area contributed by atoms with Gasteiger partial charge in [0.25, 0.3) is 0 Å². The van der Waals surface area contributed by atoms with Crippen LogP contribution >= 0.6 is 7.14 Å². The number of hydrogen-bond donors (Lipinski definition) is 0. The first-order chi connectivity index (χ1) is 20.2. The average Bonchev–Trinajstić information content (AvgIpc) is 3.36. The van der Waals surface area contributed by atoms with E-state index < -0.39 is 7.14 Å². The summed E-state index contributed by atoms with van der Waals surface area (Å²) in [5, 5.41) is 4.65. The molecule has 0 fully saturated rings. The van der Waals surface area contributed by atoms with Gasteiger partial charge in [-0.15, -0.1) is 0 Å². The van der Waals surface area contributed by atoms with E-state index in [0.717, 1.165) is 28.2 Å². The number of nitrogens with zero attached hydrogens (tertiary/aromatic N) is 1. The summed E-state index contributed by atoms with van der Waals surface area (Å²) < 4.78 is 30.5. The fraction of sp³-hybridized carbons (Fsp3) is 0.0556. The highest BCUT2D eigenvalue weighted by molar-refractivity contribution is 7.86. The number of fused-ring (bicyclic) bond motifs is 7. The molecule has 3 heterocycles. The molecule has 196 valence electrons. The highest BCUT2D eigenvalue weighted by Gasteiger charge is 2.47. The van der Waals surface area contributed by atoms with E-state index in [1.807, 2.05) is 60.7 Å². The smallest absolute Gasteiger partial charge is 0.185 e. The fourth-order valence-electron chi connectivity index (χ4n) is 6.78. The highest BCUT2D eigenvalue weighted by atomic mass is 31.2. The first-order valence-electron chi connectivity index (χ1n) is 13.9. The maximum absolute atomic E-state index is 15.2. The summed E-state index contributed by atoms with van der Waals surface area (Å²) in [5.41, 5.74) is 4.46. The Kier molecular flexibility index (Phi) is 4.68. The van der Waals surface area contributed by atoms with Crippen LogP contribution in [0.25, 0.3) is 27.4 Å². The molecule has 2 aliphatic heterocycles. The lowest BCUT2D eigenvalue weighted by Crippen LogP contribution is -2.35. The standard InChI is InChI=1S/C36H24NO3P/c38-41-33-15-7-5-13-30(33)39-32-22-21-25(35(36(32)41)40-31-14-6-8-16-34(31)41)23-17-19-24(20-18-23)37-28-11-3-1-9-26(28)27-10-2-4-12-29(27)37/h1-19,21-22,24H,20H2. The molecule has 5 aromatic carbocycles. The van der Waals surface area contributed by atoms with Crippen LogP contribution in [0.15, 0.2) is 127 Å². The van der Waals surface area contributed by atoms with E-state index in [9.17, 15) is 0 Å². The first-order valence-corrected chi connectivity index (χ1v) is 15.6. The molecule has 4 nitrogen and oxygen atoms in total. The van der Waals surface area contributed by atoms with Crippen molar-refractivity contribution in [1.82, 2.24) is 4.57 Å². The second-order valence-corrected chi connectivity index (χ2v) is 13.4. The number of benzene rings is 5. The lowest BCUT2D eigenvalue weighted by molar-refractivity contribution is 0.460. The Balaban J connectivity index is 1.18. The van der Waals surface area contributed by atoms with Crippen LogP contribution in [-0.2, 0) is 4.57 Å². The Morgan fingerprint density at radius 1 is 0.659 bits per heavy atom. The molecule has 1 aliphatic carbocycles. The van der Waals surface area contributed by atoms with E-state index in [2.05, 4.69) is 71.3 Å². The summed E-state index contributed by atoms with van der Waals surface area (Å²) in [6, 6.07) is 36.8. The maximum atomic E-state index is 15.2. The van der Waals surface area contributed by atoms with E-state index >= 15 is 4.57 Å². The van der Waals surface area contributed by atoms with E-state index in [1.54, 1.807) is 0 Å². The van der Waals surface area contributed by atoms with E-state index in [4.69, 9.17) is 9.47 Å². The highest BCUT2D eigenvalue weighted by Crippen LogP contribution is 2.59. The van der Waals surface area contributed by atoms with Gasteiger partial charge in [0.05, 0.1) is 16.7 Å². The van der Waals surface area contributed by atoms with Crippen molar-refractivity contribution in [2.45, 2.75) is 12.5 Å². The molecule has 0 spiro atoms. The minimum Gasteiger partial charge on any atom is -0.456 e. The molecule has 0 bridgehead atoms. The first kappa shape index (κ1) is 23.0. The van der Waals surface area contributed by atoms with Gasteiger partial charge in [-0.3, -0.25) is 0 Å². The van der Waals surface area contributed by atoms with Gasteiger partial charge in [-0.1, -0.05) is 78.9 Å². The Morgan fingerprint density at radius 2 is 1.27 bits per heavy atom. The van der Waals surface area contributed by atoms with Crippen molar-refractivity contribution in [3.63, 3.8) is 0 Å². The van der Waals surface area contributed by atoms with Gasteiger partial charge in [0.1, 0.15) is 28.3 Å². The van der Waals surface area contributed by atoms with E-state index in [0.29, 0.717) is 28.3 Å². The summed E-state index contributed by atoms with van der Waals surface area (Å²) in [6.45, 7) is 0. The van der Waals surface area contributed by atoms with Crippen molar-refractivity contribution < 1.29 is 14.0 Å². The molecule has 6 aromatic rings. The third-order valence-electron chi connectivity index (χ3n) is 8.59. The molecule has 2 unspecified atom stereocenters. The Labute approximate surface area is 237 Å². The van der Waals surface area contributed by atoms with Crippen molar-refractivity contribution in [2.24, 2.45) is 0 Å². The summed E-state index contributed by atoms with van der Waals surface area (Å²) in [5.74, 6) is 2.51. The van der Waals surface area contributed by atoms with Gasteiger partial charge in [-0.2, -0.15) is 0 Å². The quantitative estimate of drug-likeness (QED) is 0.204. The average molecular weight is 550 g/mol. The van der Waals surface area contributed by atoms with Crippen LogP contribution in [0.2, 0.25) is 0 Å². The number of aromatic nitrogens is 1. The minimum atomic E-state index is -3.21. The Hall–Kier alpha value is -4.79. The molecule has 1 aromatic heterocycles. The molecule has 41 heavy (non-hydrogen) atoms. The van der Waals surface area contributed by atoms with Crippen molar-refractivity contribution in [3.8, 4) is 23.0 Å². The second kappa shape index (κ2) is 8.36. The molecule has 3 aliphatic rings. The van der Waals surface area contributed by atoms with Gasteiger partial charge in [-0.05, 0) is 60.5 Å². The number of hydrogen-bond acceptors (Lipinski definition) is 3. The largest absolute Gasteiger partial charge is 0.456 e. The summed E-state index contributed by atoms with van der Waals surface area (Å²) in [6.07, 6.45) is 7.57.